The molecule has 0 amide bonds. The molecule has 2 aromatic rings. The first-order valence-corrected chi connectivity index (χ1v) is 9.58. The number of aryl methyl sites for hydroxylation is 2. The maximum atomic E-state index is 13.2. The predicted octanol–water partition coefficient (Wildman–Crippen LogP) is 5.91. The highest BCUT2D eigenvalue weighted by Crippen LogP contribution is 2.51. The average Bonchev–Trinajstić information content (AvgIpc) is 2.54. The maximum Gasteiger partial charge on any atom is 0.587 e. The van der Waals surface area contributed by atoms with Crippen LogP contribution in [0.25, 0.3) is 0 Å². The highest BCUT2D eigenvalue weighted by molar-refractivity contribution is 7.49. The van der Waals surface area contributed by atoms with Crippen molar-refractivity contribution in [2.75, 3.05) is 6.61 Å². The molecule has 0 radical (unpaired) electrons. The van der Waals surface area contributed by atoms with E-state index in [1.165, 1.54) is 0 Å². The number of rotatable bonds is 7. The minimum absolute atomic E-state index is 0.299. The van der Waals surface area contributed by atoms with Crippen LogP contribution in [-0.2, 0) is 9.09 Å². The van der Waals surface area contributed by atoms with Crippen LogP contribution in [0.3, 0.4) is 0 Å². The van der Waals surface area contributed by atoms with Crippen molar-refractivity contribution in [2.45, 2.75) is 41.0 Å². The van der Waals surface area contributed by atoms with Crippen LogP contribution in [0.1, 0.15) is 35.6 Å². The maximum absolute atomic E-state index is 13.2. The van der Waals surface area contributed by atoms with Crippen molar-refractivity contribution >= 4 is 7.82 Å². The topological polar surface area (TPSA) is 44.8 Å². The minimum Gasteiger partial charge on any atom is -0.395 e. The summed E-state index contributed by atoms with van der Waals surface area (Å²) >= 11 is 0. The Balaban J connectivity index is 2.33. The highest BCUT2D eigenvalue weighted by atomic mass is 31.2. The Labute approximate surface area is 144 Å². The van der Waals surface area contributed by atoms with E-state index in [0.29, 0.717) is 18.1 Å². The molecule has 0 aliphatic carbocycles. The van der Waals surface area contributed by atoms with E-state index in [0.717, 1.165) is 28.7 Å². The van der Waals surface area contributed by atoms with E-state index in [4.69, 9.17) is 13.6 Å². The highest BCUT2D eigenvalue weighted by Gasteiger charge is 2.32. The molecular weight excluding hydrogens is 323 g/mol. The number of phosphoric ester groups is 1. The van der Waals surface area contributed by atoms with Gasteiger partial charge in [-0.25, -0.2) is 4.57 Å². The average molecular weight is 348 g/mol. The van der Waals surface area contributed by atoms with Crippen molar-refractivity contribution < 1.29 is 18.1 Å². The number of phosphoric acid groups is 1. The fourth-order valence-corrected chi connectivity index (χ4v) is 3.59. The molecule has 0 fully saturated rings. The fraction of sp³-hybridized carbons (Fsp3) is 0.368. The SMILES string of the molecule is CCCOP(=O)(Oc1cccc(C)c1C)Oc1cccc(C)c1C. The third-order valence-corrected chi connectivity index (χ3v) is 5.32. The molecule has 4 nitrogen and oxygen atoms in total. The van der Waals surface area contributed by atoms with Crippen LogP contribution in [0, 0.1) is 27.7 Å². The summed E-state index contributed by atoms with van der Waals surface area (Å²) in [6.07, 6.45) is 0.719. The van der Waals surface area contributed by atoms with Gasteiger partial charge >= 0.3 is 7.82 Å². The van der Waals surface area contributed by atoms with Crippen LogP contribution in [0.15, 0.2) is 36.4 Å². The summed E-state index contributed by atoms with van der Waals surface area (Å²) in [7, 11) is -3.77. The third-order valence-electron chi connectivity index (χ3n) is 3.98. The van der Waals surface area contributed by atoms with Gasteiger partial charge in [0.15, 0.2) is 0 Å². The summed E-state index contributed by atoms with van der Waals surface area (Å²) in [5.41, 5.74) is 3.95. The van der Waals surface area contributed by atoms with Crippen LogP contribution >= 0.6 is 7.82 Å². The van der Waals surface area contributed by atoms with E-state index >= 15 is 0 Å². The molecule has 0 unspecified atom stereocenters. The van der Waals surface area contributed by atoms with Gasteiger partial charge in [-0.3, -0.25) is 4.52 Å². The molecule has 0 saturated carbocycles. The molecule has 0 heterocycles. The first-order chi connectivity index (χ1) is 11.4. The lowest BCUT2D eigenvalue weighted by Gasteiger charge is -2.21. The molecule has 130 valence electrons. The zero-order valence-corrected chi connectivity index (χ0v) is 15.9. The van der Waals surface area contributed by atoms with E-state index in [1.807, 2.05) is 58.9 Å². The van der Waals surface area contributed by atoms with Gasteiger partial charge in [0.2, 0.25) is 0 Å². The van der Waals surface area contributed by atoms with Crippen molar-refractivity contribution in [3.05, 3.63) is 58.7 Å². The lowest BCUT2D eigenvalue weighted by Crippen LogP contribution is -2.07. The van der Waals surface area contributed by atoms with Gasteiger partial charge in [0.05, 0.1) is 6.61 Å². The Morgan fingerprint density at radius 2 is 1.29 bits per heavy atom. The molecule has 0 aliphatic heterocycles. The first-order valence-electron chi connectivity index (χ1n) is 8.12. The van der Waals surface area contributed by atoms with E-state index < -0.39 is 7.82 Å². The monoisotopic (exact) mass is 348 g/mol. The van der Waals surface area contributed by atoms with Crippen molar-refractivity contribution in [1.82, 2.24) is 0 Å². The molecule has 0 spiro atoms. The molecule has 0 bridgehead atoms. The molecule has 2 aromatic carbocycles. The normalized spacial score (nSPS) is 11.4. The third kappa shape index (κ3) is 4.40. The van der Waals surface area contributed by atoms with E-state index in [1.54, 1.807) is 12.1 Å². The lowest BCUT2D eigenvalue weighted by molar-refractivity contribution is 0.209. The standard InChI is InChI=1S/C19H25O4P/c1-6-13-21-24(20,22-18-11-7-9-14(2)16(18)4)23-19-12-8-10-15(3)17(19)5/h7-12H,6,13H2,1-5H3. The van der Waals surface area contributed by atoms with Gasteiger partial charge in [0.1, 0.15) is 11.5 Å². The second kappa shape index (κ2) is 7.87. The molecular formula is C19H25O4P. The van der Waals surface area contributed by atoms with Crippen molar-refractivity contribution in [2.24, 2.45) is 0 Å². The Kier molecular flexibility index (Phi) is 6.09. The lowest BCUT2D eigenvalue weighted by atomic mass is 10.1. The molecule has 2 rings (SSSR count). The van der Waals surface area contributed by atoms with E-state index in [2.05, 4.69) is 0 Å². The van der Waals surface area contributed by atoms with Gasteiger partial charge in [-0.15, -0.1) is 0 Å². The molecule has 0 saturated heterocycles. The van der Waals surface area contributed by atoms with Gasteiger partial charge in [0, 0.05) is 0 Å². The Morgan fingerprint density at radius 1 is 0.833 bits per heavy atom. The first kappa shape index (κ1) is 18.6. The Hall–Kier alpha value is -1.77. The van der Waals surface area contributed by atoms with Gasteiger partial charge < -0.3 is 9.05 Å². The number of hydrogen-bond donors (Lipinski definition) is 0. The number of benzene rings is 2. The van der Waals surface area contributed by atoms with E-state index in [9.17, 15) is 4.57 Å². The summed E-state index contributed by atoms with van der Waals surface area (Å²) in [6, 6.07) is 11.2. The second-order valence-electron chi connectivity index (χ2n) is 5.86. The van der Waals surface area contributed by atoms with Crippen molar-refractivity contribution in [3.8, 4) is 11.5 Å². The molecule has 0 aromatic heterocycles. The smallest absolute Gasteiger partial charge is 0.395 e. The molecule has 0 N–H and O–H groups in total. The molecule has 24 heavy (non-hydrogen) atoms. The summed E-state index contributed by atoms with van der Waals surface area (Å²) in [4.78, 5) is 0. The van der Waals surface area contributed by atoms with Crippen LogP contribution in [-0.4, -0.2) is 6.61 Å². The predicted molar refractivity (Wildman–Crippen MR) is 96.9 cm³/mol. The molecule has 5 heteroatoms. The number of hydrogen-bond acceptors (Lipinski definition) is 4. The van der Waals surface area contributed by atoms with Crippen LogP contribution in [0.5, 0.6) is 11.5 Å². The largest absolute Gasteiger partial charge is 0.587 e. The van der Waals surface area contributed by atoms with Gasteiger partial charge in [-0.2, -0.15) is 0 Å². The molecule has 0 atom stereocenters. The Morgan fingerprint density at radius 3 is 1.71 bits per heavy atom. The van der Waals surface area contributed by atoms with Crippen LogP contribution < -0.4 is 9.05 Å². The van der Waals surface area contributed by atoms with Gasteiger partial charge in [-0.1, -0.05) is 31.2 Å². The van der Waals surface area contributed by atoms with Crippen molar-refractivity contribution in [1.29, 1.82) is 0 Å². The van der Waals surface area contributed by atoms with E-state index in [-0.39, 0.29) is 0 Å². The Bertz CT molecular complexity index is 698. The van der Waals surface area contributed by atoms with Crippen LogP contribution in [0.2, 0.25) is 0 Å². The summed E-state index contributed by atoms with van der Waals surface area (Å²) in [5.74, 6) is 1.03. The summed E-state index contributed by atoms with van der Waals surface area (Å²) in [5, 5.41) is 0. The summed E-state index contributed by atoms with van der Waals surface area (Å²) in [6.45, 7) is 10.0. The molecule has 0 aliphatic rings. The zero-order chi connectivity index (χ0) is 17.7. The quantitative estimate of drug-likeness (QED) is 0.583. The minimum atomic E-state index is -3.77. The van der Waals surface area contributed by atoms with Crippen molar-refractivity contribution in [3.63, 3.8) is 0 Å². The van der Waals surface area contributed by atoms with Crippen LogP contribution in [0.4, 0.5) is 0 Å². The van der Waals surface area contributed by atoms with Gasteiger partial charge in [0.25, 0.3) is 0 Å². The van der Waals surface area contributed by atoms with Gasteiger partial charge in [-0.05, 0) is 68.5 Å². The zero-order valence-electron chi connectivity index (χ0n) is 15.0. The fourth-order valence-electron chi connectivity index (χ4n) is 2.16. The summed E-state index contributed by atoms with van der Waals surface area (Å²) < 4.78 is 30.1. The second-order valence-corrected chi connectivity index (χ2v) is 7.38.